The molecule has 0 aliphatic rings. The molecule has 0 amide bonds. The Hall–Kier alpha value is -1.35. The Morgan fingerprint density at radius 2 is 1.94 bits per heavy atom. The topological polar surface area (TPSA) is 43.4 Å². The molecule has 0 aliphatic carbocycles. The van der Waals surface area contributed by atoms with Gasteiger partial charge in [0.1, 0.15) is 0 Å². The second kappa shape index (κ2) is 5.82. The van der Waals surface area contributed by atoms with Gasteiger partial charge in [-0.3, -0.25) is 4.18 Å². The summed E-state index contributed by atoms with van der Waals surface area (Å²) in [7, 11) is -3.64. The molecule has 17 heavy (non-hydrogen) atoms. The molecule has 1 aromatic carbocycles. The lowest BCUT2D eigenvalue weighted by molar-refractivity contribution is 0.322. The van der Waals surface area contributed by atoms with Gasteiger partial charge in [0.2, 0.25) is 0 Å². The van der Waals surface area contributed by atoms with Gasteiger partial charge in [0.15, 0.2) is 0 Å². The van der Waals surface area contributed by atoms with Crippen molar-refractivity contribution >= 4 is 10.1 Å². The van der Waals surface area contributed by atoms with Crippen LogP contribution in [-0.4, -0.2) is 15.0 Å². The van der Waals surface area contributed by atoms with Crippen LogP contribution in [-0.2, 0) is 14.3 Å². The highest BCUT2D eigenvalue weighted by atomic mass is 32.2. The van der Waals surface area contributed by atoms with E-state index in [0.717, 1.165) is 11.1 Å². The van der Waals surface area contributed by atoms with Crippen molar-refractivity contribution in [2.24, 2.45) is 0 Å². The normalized spacial score (nSPS) is 10.9. The van der Waals surface area contributed by atoms with Crippen molar-refractivity contribution in [2.75, 3.05) is 6.61 Å². The van der Waals surface area contributed by atoms with Gasteiger partial charge in [-0.1, -0.05) is 24.3 Å². The lowest BCUT2D eigenvalue weighted by Gasteiger charge is -2.05. The highest BCUT2D eigenvalue weighted by Gasteiger charge is 2.14. The SMILES string of the molecule is C=C=C(C)CCOS(=O)(=O)c1ccc(C)cc1. The van der Waals surface area contributed by atoms with Crippen LogP contribution in [0.1, 0.15) is 18.9 Å². The summed E-state index contributed by atoms with van der Waals surface area (Å²) >= 11 is 0. The molecule has 0 aliphatic heterocycles. The van der Waals surface area contributed by atoms with Gasteiger partial charge in [-0.25, -0.2) is 0 Å². The van der Waals surface area contributed by atoms with Crippen molar-refractivity contribution in [3.63, 3.8) is 0 Å². The first-order chi connectivity index (χ1) is 7.95. The van der Waals surface area contributed by atoms with E-state index < -0.39 is 10.1 Å². The molecule has 1 aromatic rings. The van der Waals surface area contributed by atoms with Crippen LogP contribution >= 0.6 is 0 Å². The van der Waals surface area contributed by atoms with Crippen molar-refractivity contribution in [2.45, 2.75) is 25.2 Å². The zero-order valence-corrected chi connectivity index (χ0v) is 10.9. The molecule has 0 fully saturated rings. The lowest BCUT2D eigenvalue weighted by Crippen LogP contribution is -2.07. The fraction of sp³-hybridized carbons (Fsp3) is 0.308. The molecule has 0 saturated heterocycles. The van der Waals surface area contributed by atoms with E-state index >= 15 is 0 Å². The van der Waals surface area contributed by atoms with Crippen molar-refractivity contribution in [1.29, 1.82) is 0 Å². The van der Waals surface area contributed by atoms with E-state index in [4.69, 9.17) is 4.18 Å². The quantitative estimate of drug-likeness (QED) is 0.598. The third-order valence-electron chi connectivity index (χ3n) is 2.33. The summed E-state index contributed by atoms with van der Waals surface area (Å²) in [5.74, 6) is 0. The standard InChI is InChI=1S/C13H16O3S/c1-4-11(2)9-10-16-17(14,15)13-7-5-12(3)6-8-13/h5-8H,1,9-10H2,2-3H3. The minimum absolute atomic E-state index is 0.116. The zero-order valence-electron chi connectivity index (χ0n) is 10.1. The fourth-order valence-electron chi connectivity index (χ4n) is 1.17. The third-order valence-corrected chi connectivity index (χ3v) is 3.65. The van der Waals surface area contributed by atoms with E-state index in [0.29, 0.717) is 6.42 Å². The summed E-state index contributed by atoms with van der Waals surface area (Å²) in [5, 5.41) is 0. The second-order valence-corrected chi connectivity index (χ2v) is 5.41. The van der Waals surface area contributed by atoms with Crippen molar-refractivity contribution in [1.82, 2.24) is 0 Å². The monoisotopic (exact) mass is 252 g/mol. The first-order valence-corrected chi connectivity index (χ1v) is 6.68. The van der Waals surface area contributed by atoms with Gasteiger partial charge < -0.3 is 0 Å². The van der Waals surface area contributed by atoms with Gasteiger partial charge >= 0.3 is 0 Å². The van der Waals surface area contributed by atoms with E-state index in [1.807, 2.05) is 13.8 Å². The van der Waals surface area contributed by atoms with Crippen LogP contribution in [0.15, 0.2) is 47.0 Å². The van der Waals surface area contributed by atoms with Crippen LogP contribution < -0.4 is 0 Å². The predicted octanol–water partition coefficient (Wildman–Crippen LogP) is 2.82. The summed E-state index contributed by atoms with van der Waals surface area (Å²) in [4.78, 5) is 0.184. The first-order valence-electron chi connectivity index (χ1n) is 5.27. The zero-order chi connectivity index (χ0) is 12.9. The van der Waals surface area contributed by atoms with Crippen LogP contribution in [0, 0.1) is 6.92 Å². The van der Waals surface area contributed by atoms with Gasteiger partial charge in [-0.2, -0.15) is 8.42 Å². The van der Waals surface area contributed by atoms with Gasteiger partial charge in [0, 0.05) is 6.42 Å². The van der Waals surface area contributed by atoms with Crippen LogP contribution in [0.3, 0.4) is 0 Å². The summed E-state index contributed by atoms with van der Waals surface area (Å²) in [5.41, 5.74) is 4.58. The third kappa shape index (κ3) is 4.19. The molecule has 0 spiro atoms. The Balaban J connectivity index is 2.69. The Bertz CT molecular complexity index is 520. The molecule has 0 atom stereocenters. The van der Waals surface area contributed by atoms with Gasteiger partial charge in [-0.15, -0.1) is 5.73 Å². The highest BCUT2D eigenvalue weighted by Crippen LogP contribution is 2.14. The van der Waals surface area contributed by atoms with E-state index in [1.165, 1.54) is 0 Å². The smallest absolute Gasteiger partial charge is 0.266 e. The average Bonchev–Trinajstić information content (AvgIpc) is 2.29. The van der Waals surface area contributed by atoms with Crippen molar-refractivity contribution in [3.05, 3.63) is 47.7 Å². The van der Waals surface area contributed by atoms with Gasteiger partial charge in [-0.05, 0) is 31.6 Å². The summed E-state index contributed by atoms with van der Waals surface area (Å²) in [6, 6.07) is 6.57. The molecular weight excluding hydrogens is 236 g/mol. The molecule has 0 saturated carbocycles. The van der Waals surface area contributed by atoms with Crippen LogP contribution in [0.5, 0.6) is 0 Å². The van der Waals surface area contributed by atoms with Gasteiger partial charge in [0.05, 0.1) is 11.5 Å². The maximum atomic E-state index is 11.7. The Morgan fingerprint density at radius 3 is 2.47 bits per heavy atom. The number of hydrogen-bond acceptors (Lipinski definition) is 3. The largest absolute Gasteiger partial charge is 0.296 e. The van der Waals surface area contributed by atoms with Crippen LogP contribution in [0.4, 0.5) is 0 Å². The van der Waals surface area contributed by atoms with E-state index in [1.54, 1.807) is 24.3 Å². The summed E-state index contributed by atoms with van der Waals surface area (Å²) < 4.78 is 28.4. The Kier molecular flexibility index (Phi) is 4.70. The molecule has 0 heterocycles. The number of hydrogen-bond donors (Lipinski definition) is 0. The molecule has 1 rings (SSSR count). The van der Waals surface area contributed by atoms with Crippen LogP contribution in [0.2, 0.25) is 0 Å². The number of aryl methyl sites for hydroxylation is 1. The molecular formula is C13H16O3S. The maximum Gasteiger partial charge on any atom is 0.296 e. The number of rotatable bonds is 5. The van der Waals surface area contributed by atoms with Gasteiger partial charge in [0.25, 0.3) is 10.1 Å². The van der Waals surface area contributed by atoms with E-state index in [-0.39, 0.29) is 11.5 Å². The van der Waals surface area contributed by atoms with E-state index in [2.05, 4.69) is 12.3 Å². The molecule has 92 valence electrons. The maximum absolute atomic E-state index is 11.7. The average molecular weight is 252 g/mol. The fourth-order valence-corrected chi connectivity index (χ4v) is 2.07. The minimum atomic E-state index is -3.64. The van der Waals surface area contributed by atoms with E-state index in [9.17, 15) is 8.42 Å². The first kappa shape index (κ1) is 13.7. The van der Waals surface area contributed by atoms with Crippen molar-refractivity contribution < 1.29 is 12.6 Å². The lowest BCUT2D eigenvalue weighted by atomic mass is 10.2. The molecule has 0 unspecified atom stereocenters. The Labute approximate surface area is 103 Å². The molecule has 0 bridgehead atoms. The molecule has 0 aromatic heterocycles. The minimum Gasteiger partial charge on any atom is -0.266 e. The predicted molar refractivity (Wildman–Crippen MR) is 67.3 cm³/mol. The molecule has 0 radical (unpaired) electrons. The molecule has 3 nitrogen and oxygen atoms in total. The summed E-state index contributed by atoms with van der Waals surface area (Å²) in [6.07, 6.45) is 0.509. The molecule has 4 heteroatoms. The van der Waals surface area contributed by atoms with Crippen molar-refractivity contribution in [3.8, 4) is 0 Å². The molecule has 0 N–H and O–H groups in total. The van der Waals surface area contributed by atoms with Crippen LogP contribution in [0.25, 0.3) is 0 Å². The second-order valence-electron chi connectivity index (χ2n) is 3.80. The number of benzene rings is 1. The Morgan fingerprint density at radius 1 is 1.35 bits per heavy atom. The summed E-state index contributed by atoms with van der Waals surface area (Å²) in [6.45, 7) is 7.32. The highest BCUT2D eigenvalue weighted by molar-refractivity contribution is 7.86.